The molecule has 0 atom stereocenters. The van der Waals surface area contributed by atoms with Crippen molar-refractivity contribution in [3.05, 3.63) is 64.2 Å². The largest absolute Gasteiger partial charge is 0.493 e. The Kier molecular flexibility index (Phi) is 5.87. The summed E-state index contributed by atoms with van der Waals surface area (Å²) in [6, 6.07) is 13.1. The SMILES string of the molecule is COCCn1c(C)[nH+]c2c(c1=O)c1nc3ccccc3nc1n2N=Cc1ccc(OC)c(OC)c1. The lowest BCUT2D eigenvalue weighted by atomic mass is 10.2. The van der Waals surface area contributed by atoms with E-state index in [0.717, 1.165) is 5.56 Å². The molecule has 0 saturated heterocycles. The summed E-state index contributed by atoms with van der Waals surface area (Å²) in [6.07, 6.45) is 1.68. The summed E-state index contributed by atoms with van der Waals surface area (Å²) in [4.78, 5) is 26.5. The third-order valence-electron chi connectivity index (χ3n) is 5.85. The van der Waals surface area contributed by atoms with Gasteiger partial charge in [0.05, 0.1) is 44.6 Å². The predicted molar refractivity (Wildman–Crippen MR) is 133 cm³/mol. The van der Waals surface area contributed by atoms with Crippen LogP contribution in [0, 0.1) is 6.92 Å². The highest BCUT2D eigenvalue weighted by Gasteiger charge is 2.26. The highest BCUT2D eigenvalue weighted by Crippen LogP contribution is 2.27. The van der Waals surface area contributed by atoms with E-state index in [2.05, 4.69) is 4.98 Å². The predicted octanol–water partition coefficient (Wildman–Crippen LogP) is 2.57. The molecule has 0 saturated carbocycles. The number of aryl methyl sites for hydroxylation is 1. The number of hydrogen-bond donors (Lipinski definition) is 0. The minimum absolute atomic E-state index is 0.178. The molecule has 3 heterocycles. The monoisotopic (exact) mass is 473 g/mol. The lowest BCUT2D eigenvalue weighted by Gasteiger charge is -2.07. The molecule has 0 spiro atoms. The topological polar surface area (TPSA) is 107 Å². The number of nitrogens with one attached hydrogen (secondary N) is 1. The second-order valence-corrected chi connectivity index (χ2v) is 7.94. The van der Waals surface area contributed by atoms with Gasteiger partial charge in [0.1, 0.15) is 5.52 Å². The Labute approximate surface area is 200 Å². The fourth-order valence-corrected chi connectivity index (χ4v) is 4.10. The molecule has 35 heavy (non-hydrogen) atoms. The number of para-hydroxylation sites is 2. The normalized spacial score (nSPS) is 11.8. The number of ether oxygens (including phenoxy) is 3. The van der Waals surface area contributed by atoms with Gasteiger partial charge in [-0.3, -0.25) is 0 Å². The highest BCUT2D eigenvalue weighted by atomic mass is 16.5. The van der Waals surface area contributed by atoms with Gasteiger partial charge in [-0.25, -0.2) is 24.3 Å². The minimum atomic E-state index is -0.178. The highest BCUT2D eigenvalue weighted by molar-refractivity contribution is 6.03. The van der Waals surface area contributed by atoms with Gasteiger partial charge in [0.15, 0.2) is 16.9 Å². The van der Waals surface area contributed by atoms with E-state index in [1.54, 1.807) is 36.8 Å². The summed E-state index contributed by atoms with van der Waals surface area (Å²) in [7, 11) is 4.78. The first-order chi connectivity index (χ1) is 17.0. The summed E-state index contributed by atoms with van der Waals surface area (Å²) < 4.78 is 19.2. The summed E-state index contributed by atoms with van der Waals surface area (Å²) in [5.74, 6) is 1.89. The number of rotatable bonds is 7. The molecule has 10 heteroatoms. The Morgan fingerprint density at radius 3 is 2.49 bits per heavy atom. The fraction of sp³-hybridized carbons (Fsp3) is 0.240. The van der Waals surface area contributed by atoms with E-state index < -0.39 is 0 Å². The van der Waals surface area contributed by atoms with Crippen LogP contribution in [0.1, 0.15) is 11.4 Å². The summed E-state index contributed by atoms with van der Waals surface area (Å²) in [5.41, 5.74) is 3.50. The number of aromatic amines is 1. The van der Waals surface area contributed by atoms with Gasteiger partial charge in [0, 0.05) is 14.0 Å². The van der Waals surface area contributed by atoms with Crippen LogP contribution in [0.25, 0.3) is 33.2 Å². The van der Waals surface area contributed by atoms with Crippen molar-refractivity contribution in [1.82, 2.24) is 19.2 Å². The van der Waals surface area contributed by atoms with Crippen molar-refractivity contribution in [3.8, 4) is 11.5 Å². The van der Waals surface area contributed by atoms with E-state index in [-0.39, 0.29) is 5.56 Å². The Bertz CT molecular complexity index is 1650. The van der Waals surface area contributed by atoms with Crippen LogP contribution in [-0.4, -0.2) is 53.4 Å². The molecule has 0 fully saturated rings. The lowest BCUT2D eigenvalue weighted by Crippen LogP contribution is -2.32. The Morgan fingerprint density at radius 1 is 1.03 bits per heavy atom. The third kappa shape index (κ3) is 3.87. The van der Waals surface area contributed by atoms with Crippen molar-refractivity contribution in [2.24, 2.45) is 5.10 Å². The molecule has 0 aliphatic heterocycles. The maximum Gasteiger partial charge on any atom is 0.323 e. The van der Waals surface area contributed by atoms with Crippen molar-refractivity contribution in [3.63, 3.8) is 0 Å². The average Bonchev–Trinajstić information content (AvgIpc) is 3.17. The average molecular weight is 474 g/mol. The molecule has 1 N–H and O–H groups in total. The summed E-state index contributed by atoms with van der Waals surface area (Å²) >= 11 is 0. The maximum absolute atomic E-state index is 13.6. The zero-order chi connectivity index (χ0) is 24.5. The first-order valence-electron chi connectivity index (χ1n) is 11.0. The molecule has 3 aromatic heterocycles. The number of H-pyrrole nitrogens is 1. The lowest BCUT2D eigenvalue weighted by molar-refractivity contribution is -0.368. The Hall–Kier alpha value is -4.31. The molecule has 0 aliphatic carbocycles. The smallest absolute Gasteiger partial charge is 0.323 e. The van der Waals surface area contributed by atoms with Crippen molar-refractivity contribution >= 4 is 39.4 Å². The van der Waals surface area contributed by atoms with E-state index >= 15 is 0 Å². The van der Waals surface area contributed by atoms with Gasteiger partial charge in [0.2, 0.25) is 11.5 Å². The fourth-order valence-electron chi connectivity index (χ4n) is 4.10. The number of aromatic nitrogens is 5. The molecule has 5 aromatic rings. The second kappa shape index (κ2) is 9.15. The van der Waals surface area contributed by atoms with Crippen LogP contribution in [0.3, 0.4) is 0 Å². The van der Waals surface area contributed by atoms with Gasteiger partial charge in [-0.15, -0.1) is 9.78 Å². The molecule has 0 radical (unpaired) electrons. The number of nitrogens with zero attached hydrogens (tertiary/aromatic N) is 5. The molecule has 178 valence electrons. The number of fused-ring (bicyclic) bond motifs is 4. The first kappa shape index (κ1) is 22.5. The van der Waals surface area contributed by atoms with Crippen LogP contribution in [0.4, 0.5) is 0 Å². The van der Waals surface area contributed by atoms with Gasteiger partial charge >= 0.3 is 5.56 Å². The molecular weight excluding hydrogens is 448 g/mol. The third-order valence-corrected chi connectivity index (χ3v) is 5.85. The van der Waals surface area contributed by atoms with Crippen LogP contribution in [-0.2, 0) is 11.3 Å². The minimum Gasteiger partial charge on any atom is -0.493 e. The molecular formula is C25H25N6O4+. The van der Waals surface area contributed by atoms with Gasteiger partial charge < -0.3 is 14.2 Å². The number of hydrogen-bond acceptors (Lipinski definition) is 7. The first-order valence-corrected chi connectivity index (χ1v) is 11.0. The van der Waals surface area contributed by atoms with Crippen LogP contribution < -0.4 is 20.0 Å². The van der Waals surface area contributed by atoms with E-state index in [9.17, 15) is 4.79 Å². The Morgan fingerprint density at radius 2 is 1.77 bits per heavy atom. The summed E-state index contributed by atoms with van der Waals surface area (Å²) in [6.45, 7) is 2.66. The van der Waals surface area contributed by atoms with E-state index in [1.807, 2.05) is 49.4 Å². The number of methoxy groups -OCH3 is 3. The van der Waals surface area contributed by atoms with Gasteiger partial charge in [-0.2, -0.15) is 0 Å². The second-order valence-electron chi connectivity index (χ2n) is 7.94. The maximum atomic E-state index is 13.6. The molecule has 5 rings (SSSR count). The molecule has 0 amide bonds. The van der Waals surface area contributed by atoms with E-state index in [1.165, 1.54) is 0 Å². The molecule has 2 aromatic carbocycles. The van der Waals surface area contributed by atoms with E-state index in [4.69, 9.17) is 29.3 Å². The quantitative estimate of drug-likeness (QED) is 0.336. The number of benzene rings is 2. The van der Waals surface area contributed by atoms with Gasteiger partial charge in [-0.1, -0.05) is 12.1 Å². The molecule has 0 unspecified atom stereocenters. The van der Waals surface area contributed by atoms with Gasteiger partial charge in [-0.05, 0) is 35.9 Å². The van der Waals surface area contributed by atoms with Crippen molar-refractivity contribution in [1.29, 1.82) is 0 Å². The zero-order valence-electron chi connectivity index (χ0n) is 19.9. The van der Waals surface area contributed by atoms with Crippen LogP contribution in [0.15, 0.2) is 52.4 Å². The van der Waals surface area contributed by atoms with Crippen LogP contribution >= 0.6 is 0 Å². The van der Waals surface area contributed by atoms with Crippen LogP contribution in [0.2, 0.25) is 0 Å². The molecule has 0 bridgehead atoms. The zero-order valence-corrected chi connectivity index (χ0v) is 19.9. The Balaban J connectivity index is 1.78. The van der Waals surface area contributed by atoms with E-state index in [0.29, 0.717) is 63.7 Å². The van der Waals surface area contributed by atoms with Crippen molar-refractivity contribution in [2.45, 2.75) is 13.5 Å². The standard InChI is InChI=1S/C25H24N6O4/c1-15-27-23-21(25(32)30(15)11-12-33-2)22-24(29-18-8-6-5-7-17(18)28-22)31(23)26-14-16-9-10-19(34-3)20(13-16)35-4/h5-10,13-14H,11-12H2,1-4H3/p+1. The van der Waals surface area contributed by atoms with Crippen molar-refractivity contribution < 1.29 is 19.2 Å². The summed E-state index contributed by atoms with van der Waals surface area (Å²) in [5, 5.41) is 5.11. The van der Waals surface area contributed by atoms with Crippen LogP contribution in [0.5, 0.6) is 11.5 Å². The molecule has 0 aliphatic rings. The molecule has 10 nitrogen and oxygen atoms in total. The van der Waals surface area contributed by atoms with Gasteiger partial charge in [0.25, 0.3) is 5.65 Å². The van der Waals surface area contributed by atoms with Crippen molar-refractivity contribution in [2.75, 3.05) is 27.9 Å².